The third-order valence-electron chi connectivity index (χ3n) is 2.69. The Hall–Kier alpha value is -1.56. The van der Waals surface area contributed by atoms with Gasteiger partial charge in [-0.15, -0.1) is 0 Å². The molecule has 1 unspecified atom stereocenters. The van der Waals surface area contributed by atoms with Crippen LogP contribution in [0.5, 0.6) is 5.88 Å². The molecule has 0 spiro atoms. The summed E-state index contributed by atoms with van der Waals surface area (Å²) in [6.07, 6.45) is 0.744. The van der Waals surface area contributed by atoms with Crippen molar-refractivity contribution in [1.82, 2.24) is 15.1 Å². The number of nitrogens with two attached hydrogens (primary N) is 1. The molecule has 6 heteroatoms. The lowest BCUT2D eigenvalue weighted by atomic mass is 10.1. The van der Waals surface area contributed by atoms with Gasteiger partial charge in [-0.2, -0.15) is 5.10 Å². The highest BCUT2D eigenvalue weighted by Crippen LogP contribution is 2.10. The average Bonchev–Trinajstić information content (AvgIpc) is 2.69. The summed E-state index contributed by atoms with van der Waals surface area (Å²) in [6, 6.07) is 1.80. The van der Waals surface area contributed by atoms with Gasteiger partial charge in [-0.1, -0.05) is 6.92 Å². The first-order valence-corrected chi connectivity index (χ1v) is 5.67. The maximum absolute atomic E-state index is 11.7. The molecule has 0 bridgehead atoms. The molecule has 1 aromatic rings. The van der Waals surface area contributed by atoms with Crippen molar-refractivity contribution in [1.29, 1.82) is 0 Å². The summed E-state index contributed by atoms with van der Waals surface area (Å²) in [6.45, 7) is 2.71. The SMILES string of the molecule is CCC(CN)C(=O)NCc1cc(OC)n(C)n1. The van der Waals surface area contributed by atoms with Crippen LogP contribution in [0.2, 0.25) is 0 Å². The van der Waals surface area contributed by atoms with Gasteiger partial charge >= 0.3 is 0 Å². The highest BCUT2D eigenvalue weighted by molar-refractivity contribution is 5.78. The first-order valence-electron chi connectivity index (χ1n) is 5.67. The molecule has 1 heterocycles. The summed E-state index contributed by atoms with van der Waals surface area (Å²) in [5, 5.41) is 7.03. The molecule has 0 fully saturated rings. The Kier molecular flexibility index (Phi) is 4.96. The number of nitrogens with one attached hydrogen (secondary N) is 1. The first kappa shape index (κ1) is 13.5. The van der Waals surface area contributed by atoms with E-state index in [9.17, 15) is 4.79 Å². The minimum absolute atomic E-state index is 0.0281. The molecular formula is C11H20N4O2. The maximum atomic E-state index is 11.7. The van der Waals surface area contributed by atoms with E-state index in [-0.39, 0.29) is 11.8 Å². The van der Waals surface area contributed by atoms with Crippen molar-refractivity contribution in [3.05, 3.63) is 11.8 Å². The van der Waals surface area contributed by atoms with Crippen LogP contribution < -0.4 is 15.8 Å². The van der Waals surface area contributed by atoms with E-state index < -0.39 is 0 Å². The summed E-state index contributed by atoms with van der Waals surface area (Å²) in [5.74, 6) is 0.514. The van der Waals surface area contributed by atoms with Gasteiger partial charge in [-0.3, -0.25) is 4.79 Å². The Morgan fingerprint density at radius 3 is 2.88 bits per heavy atom. The lowest BCUT2D eigenvalue weighted by molar-refractivity contribution is -0.124. The maximum Gasteiger partial charge on any atom is 0.224 e. The Morgan fingerprint density at radius 2 is 2.41 bits per heavy atom. The number of rotatable bonds is 6. The molecule has 1 amide bonds. The highest BCUT2D eigenvalue weighted by Gasteiger charge is 2.14. The Balaban J connectivity index is 2.52. The quantitative estimate of drug-likeness (QED) is 0.735. The Morgan fingerprint density at radius 1 is 1.71 bits per heavy atom. The van der Waals surface area contributed by atoms with Crippen LogP contribution in [0.4, 0.5) is 0 Å². The van der Waals surface area contributed by atoms with Crippen molar-refractivity contribution in [3.8, 4) is 5.88 Å². The van der Waals surface area contributed by atoms with E-state index in [0.29, 0.717) is 19.0 Å². The second-order valence-corrected chi connectivity index (χ2v) is 3.86. The lowest BCUT2D eigenvalue weighted by Crippen LogP contribution is -2.34. The number of carbonyl (C=O) groups is 1. The van der Waals surface area contributed by atoms with Gasteiger partial charge in [0.2, 0.25) is 11.8 Å². The van der Waals surface area contributed by atoms with Crippen LogP contribution in [-0.4, -0.2) is 29.3 Å². The molecule has 1 aromatic heterocycles. The molecule has 6 nitrogen and oxygen atoms in total. The molecule has 0 aliphatic rings. The fourth-order valence-electron chi connectivity index (χ4n) is 1.57. The third kappa shape index (κ3) is 3.45. The number of amides is 1. The Labute approximate surface area is 101 Å². The second-order valence-electron chi connectivity index (χ2n) is 3.86. The van der Waals surface area contributed by atoms with Crippen LogP contribution in [0.1, 0.15) is 19.0 Å². The zero-order valence-corrected chi connectivity index (χ0v) is 10.6. The summed E-state index contributed by atoms with van der Waals surface area (Å²) >= 11 is 0. The van der Waals surface area contributed by atoms with Crippen LogP contribution >= 0.6 is 0 Å². The van der Waals surface area contributed by atoms with E-state index in [1.165, 1.54) is 0 Å². The van der Waals surface area contributed by atoms with Gasteiger partial charge in [-0.05, 0) is 6.42 Å². The van der Waals surface area contributed by atoms with Crippen molar-refractivity contribution < 1.29 is 9.53 Å². The van der Waals surface area contributed by atoms with Crippen LogP contribution in [0.3, 0.4) is 0 Å². The predicted molar refractivity (Wildman–Crippen MR) is 64.4 cm³/mol. The number of methoxy groups -OCH3 is 1. The fraction of sp³-hybridized carbons (Fsp3) is 0.636. The fourth-order valence-corrected chi connectivity index (χ4v) is 1.57. The number of hydrogen-bond donors (Lipinski definition) is 2. The summed E-state index contributed by atoms with van der Waals surface area (Å²) in [7, 11) is 3.37. The van der Waals surface area contributed by atoms with Gasteiger partial charge < -0.3 is 15.8 Å². The number of aryl methyl sites for hydroxylation is 1. The van der Waals surface area contributed by atoms with Crippen LogP contribution in [0.25, 0.3) is 0 Å². The van der Waals surface area contributed by atoms with Gasteiger partial charge in [0.1, 0.15) is 0 Å². The summed E-state index contributed by atoms with van der Waals surface area (Å²) in [5.41, 5.74) is 6.27. The lowest BCUT2D eigenvalue weighted by Gasteiger charge is -2.11. The minimum atomic E-state index is -0.124. The second kappa shape index (κ2) is 6.24. The number of aromatic nitrogens is 2. The van der Waals surface area contributed by atoms with E-state index in [1.807, 2.05) is 6.92 Å². The molecule has 0 aliphatic heterocycles. The zero-order valence-electron chi connectivity index (χ0n) is 10.6. The van der Waals surface area contributed by atoms with Crippen molar-refractivity contribution in [2.75, 3.05) is 13.7 Å². The molecule has 0 aliphatic carbocycles. The smallest absolute Gasteiger partial charge is 0.224 e. The number of ether oxygens (including phenoxy) is 1. The molecule has 96 valence electrons. The zero-order chi connectivity index (χ0) is 12.8. The molecule has 0 radical (unpaired) electrons. The average molecular weight is 240 g/mol. The molecule has 3 N–H and O–H groups in total. The number of hydrogen-bond acceptors (Lipinski definition) is 4. The number of carbonyl (C=O) groups excluding carboxylic acids is 1. The largest absolute Gasteiger partial charge is 0.481 e. The van der Waals surface area contributed by atoms with Crippen molar-refractivity contribution in [2.24, 2.45) is 18.7 Å². The molecule has 0 saturated heterocycles. The van der Waals surface area contributed by atoms with E-state index >= 15 is 0 Å². The van der Waals surface area contributed by atoms with Crippen LogP contribution in [0.15, 0.2) is 6.07 Å². The molecule has 1 atom stereocenters. The van der Waals surface area contributed by atoms with Crippen LogP contribution in [-0.2, 0) is 18.4 Å². The third-order valence-corrected chi connectivity index (χ3v) is 2.69. The van der Waals surface area contributed by atoms with E-state index in [4.69, 9.17) is 10.5 Å². The highest BCUT2D eigenvalue weighted by atomic mass is 16.5. The molecule has 0 aromatic carbocycles. The van der Waals surface area contributed by atoms with Gasteiger partial charge in [0, 0.05) is 25.6 Å². The monoisotopic (exact) mass is 240 g/mol. The predicted octanol–water partition coefficient (Wildman–Crippen LogP) is 0.0298. The van der Waals surface area contributed by atoms with E-state index in [0.717, 1.165) is 12.1 Å². The van der Waals surface area contributed by atoms with Gasteiger partial charge in [0.15, 0.2) is 0 Å². The van der Waals surface area contributed by atoms with Gasteiger partial charge in [0.05, 0.1) is 19.3 Å². The van der Waals surface area contributed by atoms with E-state index in [1.54, 1.807) is 24.9 Å². The topological polar surface area (TPSA) is 82.2 Å². The normalized spacial score (nSPS) is 12.2. The summed E-state index contributed by atoms with van der Waals surface area (Å²) < 4.78 is 6.72. The molecule has 17 heavy (non-hydrogen) atoms. The van der Waals surface area contributed by atoms with Crippen molar-refractivity contribution >= 4 is 5.91 Å². The van der Waals surface area contributed by atoms with Crippen LogP contribution in [0, 0.1) is 5.92 Å². The first-order chi connectivity index (χ1) is 8.12. The number of nitrogens with zero attached hydrogens (tertiary/aromatic N) is 2. The van der Waals surface area contributed by atoms with Crippen molar-refractivity contribution in [3.63, 3.8) is 0 Å². The summed E-state index contributed by atoms with van der Waals surface area (Å²) in [4.78, 5) is 11.7. The molecular weight excluding hydrogens is 220 g/mol. The standard InChI is InChI=1S/C11H20N4O2/c1-4-8(6-12)11(16)13-7-9-5-10(17-3)15(2)14-9/h5,8H,4,6-7,12H2,1-3H3,(H,13,16). The van der Waals surface area contributed by atoms with Crippen molar-refractivity contribution in [2.45, 2.75) is 19.9 Å². The van der Waals surface area contributed by atoms with Gasteiger partial charge in [-0.25, -0.2) is 4.68 Å². The Bertz CT molecular complexity index is 372. The molecule has 1 rings (SSSR count). The molecule has 0 saturated carbocycles. The minimum Gasteiger partial charge on any atom is -0.481 e. The van der Waals surface area contributed by atoms with Gasteiger partial charge in [0.25, 0.3) is 0 Å². The van der Waals surface area contributed by atoms with E-state index in [2.05, 4.69) is 10.4 Å².